The molecule has 2 aromatic heterocycles. The van der Waals surface area contributed by atoms with Gasteiger partial charge < -0.3 is 4.90 Å². The Morgan fingerprint density at radius 1 is 1.17 bits per heavy atom. The summed E-state index contributed by atoms with van der Waals surface area (Å²) < 4.78 is 26.7. The molecule has 3 aromatic rings. The van der Waals surface area contributed by atoms with Crippen LogP contribution in [0.25, 0.3) is 17.3 Å². The summed E-state index contributed by atoms with van der Waals surface area (Å²) in [7, 11) is 0.192. The molecule has 0 atom stereocenters. The Labute approximate surface area is 175 Å². The molecule has 0 aliphatic rings. The molecule has 0 saturated carbocycles. The molecular weight excluding hydrogens is 404 g/mol. The van der Waals surface area contributed by atoms with Gasteiger partial charge in [-0.2, -0.15) is 0 Å². The van der Waals surface area contributed by atoms with E-state index < -0.39 is 15.9 Å². The zero-order valence-electron chi connectivity index (χ0n) is 16.6. The Balaban J connectivity index is 1.79. The summed E-state index contributed by atoms with van der Waals surface area (Å²) in [4.78, 5) is 17.5. The number of hydroxylamine groups is 1. The number of nitrogens with one attached hydrogen (secondary N) is 1. The van der Waals surface area contributed by atoms with Crippen LogP contribution in [0.3, 0.4) is 0 Å². The number of nitrogens with zero attached hydrogens (tertiary/aromatic N) is 3. The Morgan fingerprint density at radius 2 is 1.90 bits per heavy atom. The number of hydrogen-bond donors (Lipinski definition) is 2. The predicted octanol–water partition coefficient (Wildman–Crippen LogP) is 2.37. The lowest BCUT2D eigenvalue weighted by Crippen LogP contribution is -2.14. The summed E-state index contributed by atoms with van der Waals surface area (Å²) in [5.74, 6) is -0.708. The Morgan fingerprint density at radius 3 is 2.50 bits per heavy atom. The van der Waals surface area contributed by atoms with Crippen LogP contribution >= 0.6 is 0 Å². The van der Waals surface area contributed by atoms with Crippen LogP contribution in [-0.2, 0) is 21.4 Å². The van der Waals surface area contributed by atoms with Crippen molar-refractivity contribution in [1.82, 2.24) is 19.3 Å². The molecule has 0 aliphatic carbocycles. The van der Waals surface area contributed by atoms with Crippen LogP contribution in [0.4, 0.5) is 0 Å². The summed E-state index contributed by atoms with van der Waals surface area (Å²) in [6, 6.07) is 12.7. The van der Waals surface area contributed by atoms with Crippen molar-refractivity contribution >= 4 is 22.0 Å². The largest absolute Gasteiger partial charge is 0.305 e. The average Bonchev–Trinajstić information content (AvgIpc) is 3.22. The predicted molar refractivity (Wildman–Crippen MR) is 113 cm³/mol. The first-order chi connectivity index (χ1) is 14.3. The molecule has 0 unspecified atom stereocenters. The van der Waals surface area contributed by atoms with Gasteiger partial charge in [-0.05, 0) is 49.5 Å². The van der Waals surface area contributed by atoms with Gasteiger partial charge in [0.05, 0.1) is 5.69 Å². The van der Waals surface area contributed by atoms with Gasteiger partial charge in [-0.3, -0.25) is 15.0 Å². The summed E-state index contributed by atoms with van der Waals surface area (Å²) in [5, 5.41) is 8.49. The minimum Gasteiger partial charge on any atom is -0.305 e. The molecule has 0 saturated heterocycles. The lowest BCUT2D eigenvalue weighted by Gasteiger charge is -2.10. The van der Waals surface area contributed by atoms with Gasteiger partial charge in [-0.15, -0.1) is 0 Å². The van der Waals surface area contributed by atoms with Crippen molar-refractivity contribution < 1.29 is 18.4 Å². The van der Waals surface area contributed by atoms with Gasteiger partial charge in [0.25, 0.3) is 15.9 Å². The molecule has 1 aromatic carbocycles. The van der Waals surface area contributed by atoms with E-state index in [9.17, 15) is 13.2 Å². The number of benzene rings is 1. The van der Waals surface area contributed by atoms with E-state index in [1.807, 2.05) is 38.4 Å². The van der Waals surface area contributed by atoms with Crippen LogP contribution in [0.1, 0.15) is 11.1 Å². The molecule has 1 amide bonds. The van der Waals surface area contributed by atoms with E-state index in [1.54, 1.807) is 6.07 Å². The van der Waals surface area contributed by atoms with Crippen molar-refractivity contribution in [1.29, 1.82) is 0 Å². The Hall–Kier alpha value is -3.27. The first kappa shape index (κ1) is 21.4. The molecule has 0 fully saturated rings. The second-order valence-corrected chi connectivity index (χ2v) is 8.75. The number of hydrogen-bond acceptors (Lipinski definition) is 6. The quantitative estimate of drug-likeness (QED) is 0.341. The van der Waals surface area contributed by atoms with Crippen molar-refractivity contribution in [3.8, 4) is 11.3 Å². The van der Waals surface area contributed by atoms with Gasteiger partial charge in [0.1, 0.15) is 4.90 Å². The van der Waals surface area contributed by atoms with Crippen molar-refractivity contribution in [2.45, 2.75) is 11.4 Å². The molecule has 30 heavy (non-hydrogen) atoms. The van der Waals surface area contributed by atoms with Crippen molar-refractivity contribution in [3.05, 3.63) is 78.3 Å². The van der Waals surface area contributed by atoms with E-state index in [0.29, 0.717) is 11.3 Å². The minimum absolute atomic E-state index is 0.0507. The molecule has 0 bridgehead atoms. The number of carbonyl (C=O) groups is 1. The molecule has 2 N–H and O–H groups in total. The van der Waals surface area contributed by atoms with E-state index in [4.69, 9.17) is 5.21 Å². The van der Waals surface area contributed by atoms with Crippen LogP contribution in [0.2, 0.25) is 0 Å². The fourth-order valence-electron chi connectivity index (χ4n) is 2.82. The number of aromatic nitrogens is 2. The lowest BCUT2D eigenvalue weighted by molar-refractivity contribution is -0.124. The van der Waals surface area contributed by atoms with E-state index in [-0.39, 0.29) is 4.90 Å². The van der Waals surface area contributed by atoms with Crippen molar-refractivity contribution in [2.24, 2.45) is 0 Å². The highest BCUT2D eigenvalue weighted by molar-refractivity contribution is 7.90. The van der Waals surface area contributed by atoms with Gasteiger partial charge in [-0.1, -0.05) is 24.3 Å². The monoisotopic (exact) mass is 426 g/mol. The highest BCUT2D eigenvalue weighted by Crippen LogP contribution is 2.21. The molecule has 0 aliphatic heterocycles. The van der Waals surface area contributed by atoms with Gasteiger partial charge in [0.2, 0.25) is 0 Å². The standard InChI is InChI=1S/C21H22N4O4S/c1-24(2)14-16-3-6-18(7-4-16)20-9-8-19(13-22-20)30(28,29)25-12-11-17(15-25)5-10-21(26)23-27/h3-13,15,27H,14H2,1-2H3,(H,23,26)/b10-5+. The van der Waals surface area contributed by atoms with Gasteiger partial charge in [-0.25, -0.2) is 17.9 Å². The van der Waals surface area contributed by atoms with Gasteiger partial charge in [0, 0.05) is 36.8 Å². The highest BCUT2D eigenvalue weighted by atomic mass is 32.2. The number of pyridine rings is 1. The maximum Gasteiger partial charge on any atom is 0.269 e. The molecule has 3 rings (SSSR count). The van der Waals surface area contributed by atoms with E-state index >= 15 is 0 Å². The number of carbonyl (C=O) groups excluding carboxylic acids is 1. The van der Waals surface area contributed by atoms with Crippen LogP contribution in [0.5, 0.6) is 0 Å². The fourth-order valence-corrected chi connectivity index (χ4v) is 3.97. The Kier molecular flexibility index (Phi) is 6.46. The van der Waals surface area contributed by atoms with E-state index in [0.717, 1.165) is 22.2 Å². The molecular formula is C21H22N4O4S. The summed E-state index contributed by atoms with van der Waals surface area (Å²) in [6.07, 6.45) is 6.55. The minimum atomic E-state index is -3.82. The molecule has 0 spiro atoms. The summed E-state index contributed by atoms with van der Waals surface area (Å²) in [5.41, 5.74) is 4.71. The SMILES string of the molecule is CN(C)Cc1ccc(-c2ccc(S(=O)(=O)n3ccc(/C=C/C(=O)NO)c3)cn2)cc1. The maximum absolute atomic E-state index is 12.8. The van der Waals surface area contributed by atoms with Crippen molar-refractivity contribution in [3.63, 3.8) is 0 Å². The fraction of sp³-hybridized carbons (Fsp3) is 0.143. The zero-order valence-corrected chi connectivity index (χ0v) is 17.4. The summed E-state index contributed by atoms with van der Waals surface area (Å²) >= 11 is 0. The average molecular weight is 426 g/mol. The number of rotatable bonds is 7. The molecule has 0 radical (unpaired) electrons. The second kappa shape index (κ2) is 9.04. The summed E-state index contributed by atoms with van der Waals surface area (Å²) in [6.45, 7) is 0.837. The third kappa shape index (κ3) is 5.01. The van der Waals surface area contributed by atoms with Crippen LogP contribution in [0, 0.1) is 0 Å². The topological polar surface area (TPSA) is 105 Å². The molecule has 156 valence electrons. The smallest absolute Gasteiger partial charge is 0.269 e. The van der Waals surface area contributed by atoms with Crippen LogP contribution in [-0.4, -0.2) is 47.5 Å². The third-order valence-electron chi connectivity index (χ3n) is 4.29. The van der Waals surface area contributed by atoms with Crippen LogP contribution in [0.15, 0.2) is 72.0 Å². The maximum atomic E-state index is 12.8. The van der Waals surface area contributed by atoms with Crippen molar-refractivity contribution in [2.75, 3.05) is 14.1 Å². The zero-order chi connectivity index (χ0) is 21.7. The molecule has 9 heteroatoms. The van der Waals surface area contributed by atoms with E-state index in [2.05, 4.69) is 9.88 Å². The Bertz CT molecular complexity index is 1150. The highest BCUT2D eigenvalue weighted by Gasteiger charge is 2.17. The first-order valence-electron chi connectivity index (χ1n) is 9.05. The van der Waals surface area contributed by atoms with Crippen LogP contribution < -0.4 is 5.48 Å². The normalized spacial score (nSPS) is 11.9. The third-order valence-corrected chi connectivity index (χ3v) is 5.91. The van der Waals surface area contributed by atoms with Gasteiger partial charge in [0.15, 0.2) is 0 Å². The second-order valence-electron chi connectivity index (χ2n) is 6.90. The van der Waals surface area contributed by atoms with E-state index in [1.165, 1.54) is 47.8 Å². The number of amides is 1. The molecule has 2 heterocycles. The van der Waals surface area contributed by atoms with Gasteiger partial charge >= 0.3 is 0 Å². The lowest BCUT2D eigenvalue weighted by atomic mass is 10.1. The first-order valence-corrected chi connectivity index (χ1v) is 10.5. The molecule has 8 nitrogen and oxygen atoms in total.